The summed E-state index contributed by atoms with van der Waals surface area (Å²) in [6, 6.07) is 65.4. The largest absolute Gasteiger partial charge is 0.294 e. The van der Waals surface area contributed by atoms with Crippen molar-refractivity contribution in [3.8, 4) is 73.1 Å². The molecule has 0 amide bonds. The first-order valence-electron chi connectivity index (χ1n) is 18.4. The van der Waals surface area contributed by atoms with Crippen LogP contribution in [0, 0.1) is 0 Å². The van der Waals surface area contributed by atoms with Crippen molar-refractivity contribution in [3.63, 3.8) is 0 Å². The number of para-hydroxylation sites is 2. The number of hydrogen-bond acceptors (Lipinski definition) is 4. The van der Waals surface area contributed by atoms with Crippen molar-refractivity contribution in [2.24, 2.45) is 0 Å². The molecule has 0 spiro atoms. The number of nitrogens with zero attached hydrogens (tertiary/aromatic N) is 5. The van der Waals surface area contributed by atoms with Gasteiger partial charge in [-0.05, 0) is 58.7 Å². The Bertz CT molecular complexity index is 2970. The lowest BCUT2D eigenvalue weighted by atomic mass is 9.96. The molecular formula is C50H33N5. The quantitative estimate of drug-likeness (QED) is 0.166. The fraction of sp³-hybridized carbons (Fsp3) is 0. The summed E-state index contributed by atoms with van der Waals surface area (Å²) in [4.78, 5) is 20.2. The van der Waals surface area contributed by atoms with Gasteiger partial charge in [0.2, 0.25) is 0 Å². The average molecular weight is 704 g/mol. The minimum Gasteiger partial charge on any atom is -0.294 e. The Hall–Kier alpha value is -7.50. The zero-order chi connectivity index (χ0) is 36.6. The predicted octanol–water partition coefficient (Wildman–Crippen LogP) is 12.4. The van der Waals surface area contributed by atoms with E-state index in [1.165, 1.54) is 0 Å². The maximum absolute atomic E-state index is 5.35. The summed E-state index contributed by atoms with van der Waals surface area (Å²) in [6.07, 6.45) is 3.51. The number of fused-ring (bicyclic) bond motifs is 3. The van der Waals surface area contributed by atoms with Crippen molar-refractivity contribution in [3.05, 3.63) is 200 Å². The van der Waals surface area contributed by atoms with Gasteiger partial charge in [0.05, 0.1) is 28.0 Å². The minimum absolute atomic E-state index is 0.676. The van der Waals surface area contributed by atoms with Crippen LogP contribution in [0.2, 0.25) is 0 Å². The molecule has 0 aliphatic heterocycles. The first-order chi connectivity index (χ1) is 27.3. The first-order valence-corrected chi connectivity index (χ1v) is 18.4. The van der Waals surface area contributed by atoms with Gasteiger partial charge in [-0.25, -0.2) is 9.97 Å². The van der Waals surface area contributed by atoms with E-state index in [1.807, 2.05) is 30.3 Å². The van der Waals surface area contributed by atoms with Gasteiger partial charge in [0.1, 0.15) is 5.65 Å². The van der Waals surface area contributed by atoms with E-state index in [-0.39, 0.29) is 0 Å². The standard InChI is InChI=1S/C50H33N5/c1-4-15-34(16-5-1)46-45-43-27-10-11-28-44(43)55(42-25-8-3-9-26-42)50(45)54-49(53-46)41-24-14-22-39(33-41)37-20-12-19-36(31-37)38-21-13-23-40(32-38)48-47(51-29-30-52-48)35-17-6-2-7-18-35/h1-33H. The third-order valence-corrected chi connectivity index (χ3v) is 10.1. The number of hydrogen-bond donors (Lipinski definition) is 0. The summed E-state index contributed by atoms with van der Waals surface area (Å²) in [5, 5.41) is 2.16. The second-order valence-corrected chi connectivity index (χ2v) is 13.5. The second kappa shape index (κ2) is 13.8. The first kappa shape index (κ1) is 32.2. The van der Waals surface area contributed by atoms with Gasteiger partial charge < -0.3 is 0 Å². The Kier molecular flexibility index (Phi) is 8.08. The maximum atomic E-state index is 5.35. The number of aromatic nitrogens is 5. The van der Waals surface area contributed by atoms with Crippen molar-refractivity contribution in [2.45, 2.75) is 0 Å². The van der Waals surface area contributed by atoms with Gasteiger partial charge in [0.15, 0.2) is 5.82 Å². The van der Waals surface area contributed by atoms with Crippen molar-refractivity contribution >= 4 is 21.9 Å². The molecule has 0 bridgehead atoms. The van der Waals surface area contributed by atoms with Crippen LogP contribution in [0.3, 0.4) is 0 Å². The fourth-order valence-electron chi connectivity index (χ4n) is 7.54. The van der Waals surface area contributed by atoms with Crippen LogP contribution in [0.1, 0.15) is 0 Å². The lowest BCUT2D eigenvalue weighted by Gasteiger charge is -2.12. The van der Waals surface area contributed by atoms with E-state index in [0.29, 0.717) is 5.82 Å². The molecule has 3 aromatic heterocycles. The molecule has 0 unspecified atom stereocenters. The van der Waals surface area contributed by atoms with E-state index >= 15 is 0 Å². The van der Waals surface area contributed by atoms with Gasteiger partial charge in [0.25, 0.3) is 0 Å². The highest BCUT2D eigenvalue weighted by Gasteiger charge is 2.21. The Balaban J connectivity index is 1.08. The van der Waals surface area contributed by atoms with Gasteiger partial charge >= 0.3 is 0 Å². The molecule has 10 rings (SSSR count). The topological polar surface area (TPSA) is 56.5 Å². The Morgan fingerprint density at radius 1 is 0.345 bits per heavy atom. The third kappa shape index (κ3) is 5.94. The Morgan fingerprint density at radius 3 is 1.44 bits per heavy atom. The molecule has 0 saturated carbocycles. The highest BCUT2D eigenvalue weighted by Crippen LogP contribution is 2.39. The summed E-state index contributed by atoms with van der Waals surface area (Å²) in [7, 11) is 0. The van der Waals surface area contributed by atoms with Gasteiger partial charge in [-0.2, -0.15) is 0 Å². The molecule has 0 aliphatic carbocycles. The van der Waals surface area contributed by atoms with Gasteiger partial charge in [-0.3, -0.25) is 14.5 Å². The normalized spacial score (nSPS) is 11.3. The van der Waals surface area contributed by atoms with E-state index in [4.69, 9.17) is 19.9 Å². The van der Waals surface area contributed by atoms with Crippen molar-refractivity contribution in [1.82, 2.24) is 24.5 Å². The molecule has 258 valence electrons. The van der Waals surface area contributed by atoms with Crippen molar-refractivity contribution in [2.75, 3.05) is 0 Å². The summed E-state index contributed by atoms with van der Waals surface area (Å²) >= 11 is 0. The molecule has 0 atom stereocenters. The third-order valence-electron chi connectivity index (χ3n) is 10.1. The lowest BCUT2D eigenvalue weighted by Crippen LogP contribution is -1.99. The molecule has 5 heteroatoms. The molecule has 0 saturated heterocycles. The highest BCUT2D eigenvalue weighted by atomic mass is 15.1. The molecule has 0 aliphatic rings. The molecule has 0 fully saturated rings. The van der Waals surface area contributed by atoms with Crippen molar-refractivity contribution in [1.29, 1.82) is 0 Å². The van der Waals surface area contributed by atoms with Crippen LogP contribution in [0.25, 0.3) is 95.0 Å². The van der Waals surface area contributed by atoms with Crippen LogP contribution in [0.15, 0.2) is 200 Å². The highest BCUT2D eigenvalue weighted by molar-refractivity contribution is 6.14. The minimum atomic E-state index is 0.676. The van der Waals surface area contributed by atoms with Crippen LogP contribution in [-0.4, -0.2) is 24.5 Å². The van der Waals surface area contributed by atoms with Gasteiger partial charge in [0, 0.05) is 45.7 Å². The molecule has 5 nitrogen and oxygen atoms in total. The Labute approximate surface area is 318 Å². The average Bonchev–Trinajstić information content (AvgIpc) is 3.61. The van der Waals surface area contributed by atoms with Gasteiger partial charge in [-0.15, -0.1) is 0 Å². The Morgan fingerprint density at radius 2 is 0.800 bits per heavy atom. The molecule has 0 N–H and O–H groups in total. The summed E-state index contributed by atoms with van der Waals surface area (Å²) < 4.78 is 2.26. The van der Waals surface area contributed by atoms with Crippen LogP contribution in [0.5, 0.6) is 0 Å². The van der Waals surface area contributed by atoms with E-state index in [2.05, 4.69) is 162 Å². The van der Waals surface area contributed by atoms with Crippen LogP contribution in [-0.2, 0) is 0 Å². The van der Waals surface area contributed by atoms with Crippen molar-refractivity contribution < 1.29 is 0 Å². The molecule has 7 aromatic carbocycles. The lowest BCUT2D eigenvalue weighted by molar-refractivity contribution is 1.11. The summed E-state index contributed by atoms with van der Waals surface area (Å²) in [5.74, 6) is 0.676. The zero-order valence-corrected chi connectivity index (χ0v) is 29.8. The zero-order valence-electron chi connectivity index (χ0n) is 29.8. The van der Waals surface area contributed by atoms with Crippen LogP contribution < -0.4 is 0 Å². The van der Waals surface area contributed by atoms with E-state index in [0.717, 1.165) is 89.2 Å². The SMILES string of the molecule is c1ccc(-c2nccnc2-c2cccc(-c3cccc(-c4cccc(-c5nc(-c6ccccc6)c6c7ccccc7n(-c7ccccc7)c6n5)c4)c3)c2)cc1. The van der Waals surface area contributed by atoms with Gasteiger partial charge in [-0.1, -0.05) is 152 Å². The fourth-order valence-corrected chi connectivity index (χ4v) is 7.54. The molecule has 55 heavy (non-hydrogen) atoms. The maximum Gasteiger partial charge on any atom is 0.162 e. The van der Waals surface area contributed by atoms with E-state index < -0.39 is 0 Å². The number of rotatable bonds is 7. The monoisotopic (exact) mass is 703 g/mol. The molecule has 10 aromatic rings. The second-order valence-electron chi connectivity index (χ2n) is 13.5. The summed E-state index contributed by atoms with van der Waals surface area (Å²) in [5.41, 5.74) is 14.1. The number of benzene rings is 7. The predicted molar refractivity (Wildman–Crippen MR) is 225 cm³/mol. The van der Waals surface area contributed by atoms with Crippen LogP contribution in [0.4, 0.5) is 0 Å². The van der Waals surface area contributed by atoms with E-state index in [9.17, 15) is 0 Å². The van der Waals surface area contributed by atoms with Crippen LogP contribution >= 0.6 is 0 Å². The molecule has 0 radical (unpaired) electrons. The molecular weight excluding hydrogens is 671 g/mol. The van der Waals surface area contributed by atoms with E-state index in [1.54, 1.807) is 12.4 Å². The smallest absolute Gasteiger partial charge is 0.162 e. The summed E-state index contributed by atoms with van der Waals surface area (Å²) in [6.45, 7) is 0. The molecule has 3 heterocycles.